The molecular formula is C79H48AgBF26N2. The van der Waals surface area contributed by atoms with E-state index in [1.165, 1.54) is 12.1 Å². The smallest absolute Gasteiger partial charge is 0.335 e. The van der Waals surface area contributed by atoms with E-state index in [1.54, 1.807) is 0 Å². The van der Waals surface area contributed by atoms with Crippen molar-refractivity contribution < 1.29 is 141 Å². The Bertz CT molecular complexity index is 4260. The summed E-state index contributed by atoms with van der Waals surface area (Å²) in [7, 11) is 0. The van der Waals surface area contributed by atoms with Gasteiger partial charge in [-0.1, -0.05) is 243 Å². The van der Waals surface area contributed by atoms with Gasteiger partial charge >= 0.3 is 71.8 Å². The van der Waals surface area contributed by atoms with E-state index in [0.29, 0.717) is 0 Å². The molecule has 570 valence electrons. The number of alkyl halides is 24. The van der Waals surface area contributed by atoms with Crippen LogP contribution in [0.5, 0.6) is 0 Å². The molecule has 1 heterocycles. The molecule has 0 N–H and O–H groups in total. The molecule has 30 heteroatoms. The Hall–Kier alpha value is -10.4. The normalized spacial score (nSPS) is 12.8. The Balaban J connectivity index is 0.000000231. The average Bonchev–Trinajstić information content (AvgIpc) is 1.60. The molecule has 0 unspecified atom stereocenters. The van der Waals surface area contributed by atoms with Crippen LogP contribution in [0.25, 0.3) is 0 Å². The van der Waals surface area contributed by atoms with Crippen LogP contribution in [0, 0.1) is 18.0 Å². The maximum Gasteiger partial charge on any atom is 1.00 e. The molecule has 0 aliphatic heterocycles. The number of imidazole rings is 1. The fraction of sp³-hybridized carbons (Fsp3) is 0.127. The molecule has 12 rings (SSSR count). The van der Waals surface area contributed by atoms with E-state index >= 15 is 0 Å². The molecule has 0 saturated carbocycles. The van der Waals surface area contributed by atoms with Gasteiger partial charge in [0.15, 0.2) is 22.7 Å². The van der Waals surface area contributed by atoms with Crippen molar-refractivity contribution in [1.82, 2.24) is 4.57 Å². The molecule has 109 heavy (non-hydrogen) atoms. The second-order valence-corrected chi connectivity index (χ2v) is 24.4. The van der Waals surface area contributed by atoms with Gasteiger partial charge in [-0.2, -0.15) is 127 Å². The minimum Gasteiger partial charge on any atom is -0.335 e. The van der Waals surface area contributed by atoms with E-state index in [0.717, 1.165) is 45.5 Å². The van der Waals surface area contributed by atoms with E-state index in [1.807, 2.05) is 0 Å². The van der Waals surface area contributed by atoms with Gasteiger partial charge in [0, 0.05) is 33.4 Å². The number of rotatable bonds is 12. The standard InChI is InChI=1S/C41H32N2.C32H12BF24.C6H4F2.Ag/c1-7-19-34(20-8-1)40(35-21-9-2-10-22-35,36-23-11-3-12-24-36)42-31-32-43(33-42)41(37-25-13-4-14-26-37,38-27-15-5-16-28-38)39-29-17-6-18-30-39;34-25(35,36)13-1-14(26(37,38)39)6-21(5-13)33(22-7-15(27(40,41)42)2-16(8-22)28(43,44)45,23-9-17(29(46,47)48)3-18(10-23)30(49,50)51)24-11-19(31(52,53)54)4-20(12-24)32(55,56)57;7-5-3-1-2-4-6(5)8;/h1-32H;1-12H;1-4H;/q;-1;;+1. The Morgan fingerprint density at radius 1 is 0.239 bits per heavy atom. The fourth-order valence-corrected chi connectivity index (χ4v) is 13.1. The molecule has 11 aromatic carbocycles. The molecule has 12 aromatic rings. The van der Waals surface area contributed by atoms with Gasteiger partial charge in [0.1, 0.15) is 6.15 Å². The SMILES string of the molecule is FC(F)(F)c1cc([B-](c2cc(C(F)(F)F)cc(C(F)(F)F)c2)(c2cc(C(F)(F)F)cc(C(F)(F)F)c2)c2cc(C(F)(F)F)cc(C(F)(F)F)c2)cc(C(F)(F)F)c1.Fc1ccccc1F.[Ag+].[c-]1n(C(c2ccccc2)(c2ccccc2)c2ccccc2)cc[n+]1C(c1ccccc1)(c1ccccc1)c1ccccc1. The van der Waals surface area contributed by atoms with Crippen LogP contribution in [0.1, 0.15) is 77.9 Å². The number of hydrogen-bond acceptors (Lipinski definition) is 0. The van der Waals surface area contributed by atoms with Gasteiger partial charge in [-0.25, -0.2) is 8.78 Å². The molecule has 0 bridgehead atoms. The van der Waals surface area contributed by atoms with Crippen molar-refractivity contribution >= 4 is 28.0 Å². The molecule has 0 radical (unpaired) electrons. The largest absolute Gasteiger partial charge is 1.00 e. The Labute approximate surface area is 618 Å². The molecule has 2 nitrogen and oxygen atoms in total. The van der Waals surface area contributed by atoms with Crippen LogP contribution in [0.15, 0.2) is 291 Å². The maximum atomic E-state index is 14.2. The Kier molecular flexibility index (Phi) is 23.7. The van der Waals surface area contributed by atoms with Crippen LogP contribution < -0.4 is 26.4 Å². The maximum absolute atomic E-state index is 14.2. The summed E-state index contributed by atoms with van der Waals surface area (Å²) in [5, 5.41) is 0. The van der Waals surface area contributed by atoms with Crippen LogP contribution in [0.2, 0.25) is 0 Å². The fourth-order valence-electron chi connectivity index (χ4n) is 13.1. The van der Waals surface area contributed by atoms with Crippen LogP contribution in [-0.4, -0.2) is 10.7 Å². The summed E-state index contributed by atoms with van der Waals surface area (Å²) in [5.74, 6) is -1.60. The number of halogens is 26. The van der Waals surface area contributed by atoms with Crippen molar-refractivity contribution in [2.75, 3.05) is 0 Å². The first kappa shape index (κ1) is 82.7. The van der Waals surface area contributed by atoms with Gasteiger partial charge in [0.25, 0.3) is 0 Å². The van der Waals surface area contributed by atoms with Crippen molar-refractivity contribution in [2.24, 2.45) is 0 Å². The molecular weight excluding hydrogens is 1590 g/mol. The van der Waals surface area contributed by atoms with Gasteiger partial charge in [0.05, 0.1) is 44.5 Å². The molecule has 1 aromatic heterocycles. The molecule has 0 amide bonds. The van der Waals surface area contributed by atoms with E-state index < -0.39 is 217 Å². The molecule has 0 fully saturated rings. The number of aromatic nitrogens is 2. The summed E-state index contributed by atoms with van der Waals surface area (Å²) in [6.07, 6.45) is -46.5. The van der Waals surface area contributed by atoms with Crippen molar-refractivity contribution in [3.8, 4) is 0 Å². The minimum atomic E-state index is -6.13. The first-order valence-corrected chi connectivity index (χ1v) is 31.5. The van der Waals surface area contributed by atoms with Crippen LogP contribution in [-0.2, 0) is 82.9 Å². The predicted octanol–water partition coefficient (Wildman–Crippen LogP) is 21.4. The third kappa shape index (κ3) is 17.5. The molecule has 0 aliphatic rings. The van der Waals surface area contributed by atoms with E-state index in [2.05, 4.69) is 210 Å². The second kappa shape index (κ2) is 31.3. The van der Waals surface area contributed by atoms with Crippen molar-refractivity contribution in [2.45, 2.75) is 60.5 Å². The zero-order chi connectivity index (χ0) is 78.8. The summed E-state index contributed by atoms with van der Waals surface area (Å²) < 4.78 is 369. The van der Waals surface area contributed by atoms with E-state index in [9.17, 15) is 114 Å². The van der Waals surface area contributed by atoms with Gasteiger partial charge in [-0.15, -0.1) is 0 Å². The summed E-state index contributed by atoms with van der Waals surface area (Å²) in [5.41, 5.74) is -24.5. The summed E-state index contributed by atoms with van der Waals surface area (Å²) in [6.45, 7) is 0. The van der Waals surface area contributed by atoms with Crippen molar-refractivity contribution in [3.05, 3.63) is 387 Å². The van der Waals surface area contributed by atoms with Crippen LogP contribution in [0.4, 0.5) is 114 Å². The minimum absolute atomic E-state index is 0. The predicted molar refractivity (Wildman–Crippen MR) is 349 cm³/mol. The Morgan fingerprint density at radius 2 is 0.422 bits per heavy atom. The van der Waals surface area contributed by atoms with Gasteiger partial charge in [-0.3, -0.25) is 0 Å². The first-order chi connectivity index (χ1) is 50.4. The van der Waals surface area contributed by atoms with Gasteiger partial charge < -0.3 is 9.13 Å². The molecule has 0 spiro atoms. The van der Waals surface area contributed by atoms with E-state index in [-0.39, 0.29) is 22.4 Å². The van der Waals surface area contributed by atoms with Gasteiger partial charge in [-0.05, 0) is 48.8 Å². The number of hydrogen-bond donors (Lipinski definition) is 0. The topological polar surface area (TPSA) is 8.81 Å². The third-order valence-electron chi connectivity index (χ3n) is 17.7. The summed E-state index contributed by atoms with van der Waals surface area (Å²) in [6, 6.07) is 60.8. The first-order valence-electron chi connectivity index (χ1n) is 31.5. The monoisotopic (exact) mass is 1640 g/mol. The molecule has 0 aliphatic carbocycles. The van der Waals surface area contributed by atoms with Crippen LogP contribution >= 0.6 is 0 Å². The zero-order valence-electron chi connectivity index (χ0n) is 54.8. The number of nitrogens with zero attached hydrogens (tertiary/aromatic N) is 2. The Morgan fingerprint density at radius 3 is 0.606 bits per heavy atom. The van der Waals surface area contributed by atoms with Gasteiger partial charge in [0.2, 0.25) is 6.33 Å². The van der Waals surface area contributed by atoms with Crippen molar-refractivity contribution in [1.29, 1.82) is 0 Å². The number of benzene rings is 11. The summed E-state index contributed by atoms with van der Waals surface area (Å²) in [4.78, 5) is 0. The van der Waals surface area contributed by atoms with E-state index in [4.69, 9.17) is 0 Å². The third-order valence-corrected chi connectivity index (χ3v) is 17.7. The zero-order valence-corrected chi connectivity index (χ0v) is 56.3. The molecule has 0 atom stereocenters. The molecule has 0 saturated heterocycles. The quantitative estimate of drug-likeness (QED) is 0.0379. The second-order valence-electron chi connectivity index (χ2n) is 24.4. The van der Waals surface area contributed by atoms with Crippen molar-refractivity contribution in [3.63, 3.8) is 0 Å². The average molecular weight is 1640 g/mol. The van der Waals surface area contributed by atoms with Crippen LogP contribution in [0.3, 0.4) is 0 Å². The summed E-state index contributed by atoms with van der Waals surface area (Å²) >= 11 is 0.